The van der Waals surface area contributed by atoms with E-state index in [9.17, 15) is 23.7 Å². The molecule has 0 spiro atoms. The number of ether oxygens (including phenoxy) is 1. The highest BCUT2D eigenvalue weighted by molar-refractivity contribution is 9.10. The van der Waals surface area contributed by atoms with E-state index < -0.39 is 36.5 Å². The number of aryl methyl sites for hydroxylation is 2. The zero-order valence-electron chi connectivity index (χ0n) is 40.6. The molecule has 0 aliphatic carbocycles. The third-order valence-corrected chi connectivity index (χ3v) is 16.5. The smallest absolute Gasteiger partial charge is 0.274 e. The van der Waals surface area contributed by atoms with E-state index in [1.807, 2.05) is 16.7 Å². The molecule has 3 amide bonds. The van der Waals surface area contributed by atoms with E-state index in [2.05, 4.69) is 70.8 Å². The lowest BCUT2D eigenvalue weighted by molar-refractivity contribution is -0.137. The minimum Gasteiger partial charge on any atom is -0.494 e. The fraction of sp³-hybridized carbons (Fsp3) is 0.460. The van der Waals surface area contributed by atoms with Crippen molar-refractivity contribution >= 4 is 91.4 Å². The Bertz CT molecular complexity index is 2990. The van der Waals surface area contributed by atoms with Gasteiger partial charge in [-0.3, -0.25) is 29.4 Å². The minimum absolute atomic E-state index is 0.0215. The number of benzene rings is 3. The molecule has 0 bridgehead atoms. The largest absolute Gasteiger partial charge is 0.494 e. The molecule has 21 heteroatoms. The first-order chi connectivity index (χ1) is 34.0. The van der Waals surface area contributed by atoms with Gasteiger partial charge in [0.1, 0.15) is 30.3 Å². The zero-order chi connectivity index (χ0) is 50.3. The SMILES string of the molecule is CCc1cc(Nc2ncc(Br)c(Nc3ccc4c(=O)n(CC)ncc4c3P(C)(C)=O)n2)c(OC)cc1N1CCC(N2CCN(C(=O)[C@@H]3CCN(c4cc(F)c([C@H]5CCC(=O)NC5=O)c(F)c4)C3)CC2)CC1. The number of hydrogen-bond donors (Lipinski definition) is 3. The molecule has 71 heavy (non-hydrogen) atoms. The molecule has 17 nitrogen and oxygen atoms in total. The summed E-state index contributed by atoms with van der Waals surface area (Å²) in [5, 5.41) is 14.7. The van der Waals surface area contributed by atoms with Crippen molar-refractivity contribution in [2.75, 3.05) is 93.2 Å². The Kier molecular flexibility index (Phi) is 14.5. The van der Waals surface area contributed by atoms with Crippen LogP contribution in [0.5, 0.6) is 5.75 Å². The van der Waals surface area contributed by atoms with Crippen LogP contribution in [0.25, 0.3) is 10.8 Å². The van der Waals surface area contributed by atoms with Gasteiger partial charge in [0.25, 0.3) is 5.56 Å². The molecule has 0 radical (unpaired) electrons. The van der Waals surface area contributed by atoms with Crippen LogP contribution in [0.2, 0.25) is 0 Å². The van der Waals surface area contributed by atoms with E-state index in [-0.39, 0.29) is 35.8 Å². The van der Waals surface area contributed by atoms with Crippen molar-refractivity contribution in [1.29, 1.82) is 0 Å². The predicted molar refractivity (Wildman–Crippen MR) is 275 cm³/mol. The lowest BCUT2D eigenvalue weighted by Gasteiger charge is -2.44. The maximum Gasteiger partial charge on any atom is 0.274 e. The molecule has 3 aromatic carbocycles. The molecule has 376 valence electrons. The van der Waals surface area contributed by atoms with E-state index in [0.29, 0.717) is 100 Å². The molecule has 3 N–H and O–H groups in total. The number of nitrogens with one attached hydrogen (secondary N) is 3. The molecule has 9 rings (SSSR count). The molecular formula is C50H59BrF2N11O6P. The fourth-order valence-electron chi connectivity index (χ4n) is 10.7. The van der Waals surface area contributed by atoms with Gasteiger partial charge >= 0.3 is 0 Å². The molecule has 2 aromatic heterocycles. The maximum atomic E-state index is 15.3. The van der Waals surface area contributed by atoms with E-state index >= 15 is 8.78 Å². The second kappa shape index (κ2) is 20.6. The lowest BCUT2D eigenvalue weighted by Crippen LogP contribution is -2.55. The topological polar surface area (TPSA) is 187 Å². The Hall–Kier alpha value is -5.98. The monoisotopic (exact) mass is 1060 g/mol. The Morgan fingerprint density at radius 2 is 1.61 bits per heavy atom. The minimum atomic E-state index is -2.93. The van der Waals surface area contributed by atoms with Gasteiger partial charge in [-0.05, 0) is 104 Å². The Labute approximate surface area is 419 Å². The quantitative estimate of drug-likeness (QED) is 0.0834. The summed E-state index contributed by atoms with van der Waals surface area (Å²) in [7, 11) is -1.29. The maximum absolute atomic E-state index is 15.3. The van der Waals surface area contributed by atoms with Crippen LogP contribution in [0.1, 0.15) is 63.0 Å². The van der Waals surface area contributed by atoms with Gasteiger partial charge in [0.2, 0.25) is 23.7 Å². The van der Waals surface area contributed by atoms with Crippen LogP contribution in [0.15, 0.2) is 58.1 Å². The van der Waals surface area contributed by atoms with Crippen molar-refractivity contribution in [2.45, 2.75) is 70.9 Å². The Morgan fingerprint density at radius 1 is 0.887 bits per heavy atom. The Morgan fingerprint density at radius 3 is 2.27 bits per heavy atom. The van der Waals surface area contributed by atoms with Gasteiger partial charge in [-0.2, -0.15) is 10.1 Å². The van der Waals surface area contributed by atoms with Gasteiger partial charge in [-0.1, -0.05) is 6.92 Å². The number of carbonyl (C=O) groups is 3. The number of hydrogen-bond acceptors (Lipinski definition) is 14. The van der Waals surface area contributed by atoms with Crippen LogP contribution in [-0.4, -0.2) is 126 Å². The molecule has 4 aliphatic rings. The number of rotatable bonds is 13. The number of imide groups is 1. The molecule has 2 atom stereocenters. The third-order valence-electron chi connectivity index (χ3n) is 14.4. The lowest BCUT2D eigenvalue weighted by atomic mass is 9.89. The molecule has 4 saturated heterocycles. The van der Waals surface area contributed by atoms with Gasteiger partial charge in [0.15, 0.2) is 0 Å². The first-order valence-electron chi connectivity index (χ1n) is 24.3. The summed E-state index contributed by atoms with van der Waals surface area (Å²) in [6, 6.07) is 10.5. The molecule has 0 saturated carbocycles. The molecule has 0 unspecified atom stereocenters. The van der Waals surface area contributed by atoms with Gasteiger partial charge in [-0.15, -0.1) is 0 Å². The van der Waals surface area contributed by atoms with Gasteiger partial charge in [0, 0.05) is 111 Å². The number of aromatic nitrogens is 4. The Balaban J connectivity index is 0.802. The number of fused-ring (bicyclic) bond motifs is 1. The molecule has 6 heterocycles. The molecule has 5 aromatic rings. The van der Waals surface area contributed by atoms with Crippen molar-refractivity contribution in [3.8, 4) is 5.75 Å². The zero-order valence-corrected chi connectivity index (χ0v) is 43.0. The van der Waals surface area contributed by atoms with Crippen LogP contribution < -0.4 is 41.4 Å². The van der Waals surface area contributed by atoms with Gasteiger partial charge in [-0.25, -0.2) is 18.4 Å². The molecule has 4 fully saturated rings. The van der Waals surface area contributed by atoms with Crippen LogP contribution in [-0.2, 0) is 31.9 Å². The second-order valence-corrected chi connectivity index (χ2v) is 23.1. The number of methoxy groups -OCH3 is 1. The molecular weight excluding hydrogens is 999 g/mol. The van der Waals surface area contributed by atoms with Crippen molar-refractivity contribution in [3.63, 3.8) is 0 Å². The summed E-state index contributed by atoms with van der Waals surface area (Å²) in [6.45, 7) is 13.1. The second-order valence-electron chi connectivity index (χ2n) is 19.1. The first-order valence-corrected chi connectivity index (χ1v) is 27.7. The predicted octanol–water partition coefficient (Wildman–Crippen LogP) is 6.71. The number of carbonyl (C=O) groups excluding carboxylic acids is 3. The van der Waals surface area contributed by atoms with Crippen molar-refractivity contribution in [2.24, 2.45) is 5.92 Å². The molecule has 4 aliphatic heterocycles. The fourth-order valence-corrected chi connectivity index (χ4v) is 12.4. The highest BCUT2D eigenvalue weighted by Crippen LogP contribution is 2.42. The normalized spacial score (nSPS) is 19.4. The van der Waals surface area contributed by atoms with E-state index in [1.165, 1.54) is 16.8 Å². The average molecular weight is 1060 g/mol. The summed E-state index contributed by atoms with van der Waals surface area (Å²) >= 11 is 3.58. The average Bonchev–Trinajstić information content (AvgIpc) is 3.86. The highest BCUT2D eigenvalue weighted by atomic mass is 79.9. The van der Waals surface area contributed by atoms with E-state index in [1.54, 1.807) is 45.0 Å². The van der Waals surface area contributed by atoms with Gasteiger partial charge < -0.3 is 34.6 Å². The first kappa shape index (κ1) is 50.0. The summed E-state index contributed by atoms with van der Waals surface area (Å²) in [6.07, 6.45) is 6.59. The standard InChI is InChI=1S/C50H59BrF2N11O6P/c1-6-29-22-40(57-50-54-27-36(51)46(59-50)56-39-10-8-33-35(45(39)71(4,5)69)26-55-64(7-2)49(33)68)42(70-3)25-41(29)61-16-13-31(14-17-61)60-18-20-62(21-19-60)48(67)30-12-15-63(28-30)32-23-37(52)44(38(53)24-32)34-9-11-43(65)58-47(34)66/h8,10,22-27,30-31,34H,6-7,9,11-21,28H2,1-5H3,(H,58,65,66)(H2,54,56,57,59)/t30-,34-/m1/s1. The number of piperidine rings is 2. The summed E-state index contributed by atoms with van der Waals surface area (Å²) < 4.78 is 52.3. The van der Waals surface area contributed by atoms with Crippen molar-refractivity contribution < 1.29 is 32.5 Å². The van der Waals surface area contributed by atoms with Crippen LogP contribution >= 0.6 is 23.1 Å². The van der Waals surface area contributed by atoms with E-state index in [4.69, 9.17) is 9.72 Å². The number of anilines is 6. The van der Waals surface area contributed by atoms with Crippen LogP contribution in [0.3, 0.4) is 0 Å². The summed E-state index contributed by atoms with van der Waals surface area (Å²) in [5.41, 5.74) is 3.26. The number of amides is 3. The van der Waals surface area contributed by atoms with E-state index in [0.717, 1.165) is 56.7 Å². The van der Waals surface area contributed by atoms with Crippen LogP contribution in [0.4, 0.5) is 43.3 Å². The third kappa shape index (κ3) is 10.2. The number of piperazine rings is 1. The summed E-state index contributed by atoms with van der Waals surface area (Å²) in [5.74, 6) is -2.71. The van der Waals surface area contributed by atoms with Crippen molar-refractivity contribution in [1.82, 2.24) is 34.9 Å². The number of nitrogens with zero attached hydrogens (tertiary/aromatic N) is 8. The van der Waals surface area contributed by atoms with Gasteiger partial charge in [0.05, 0.1) is 46.4 Å². The van der Waals surface area contributed by atoms with Crippen molar-refractivity contribution in [3.05, 3.63) is 86.4 Å². The highest BCUT2D eigenvalue weighted by Gasteiger charge is 2.37. The van der Waals surface area contributed by atoms with Crippen LogP contribution in [0, 0.1) is 17.6 Å². The summed E-state index contributed by atoms with van der Waals surface area (Å²) in [4.78, 5) is 68.8. The number of halogens is 3.